The van der Waals surface area contributed by atoms with Crippen molar-refractivity contribution in [2.75, 3.05) is 7.18 Å². The molecule has 0 saturated heterocycles. The van der Waals surface area contributed by atoms with Crippen molar-refractivity contribution in [3.63, 3.8) is 0 Å². The van der Waals surface area contributed by atoms with Gasteiger partial charge in [0.25, 0.3) is 0 Å². The Bertz CT molecular complexity index is 142. The first kappa shape index (κ1) is 18.8. The molecule has 0 aliphatic heterocycles. The second-order valence-electron chi connectivity index (χ2n) is 2.19. The predicted octanol–water partition coefficient (Wildman–Crippen LogP) is 3.82. The van der Waals surface area contributed by atoms with Gasteiger partial charge in [-0.2, -0.15) is 0 Å². The second-order valence-corrected chi connectivity index (χ2v) is 2.19. The van der Waals surface area contributed by atoms with Gasteiger partial charge in [-0.15, -0.1) is 0 Å². The monoisotopic (exact) mass is 206 g/mol. The van der Waals surface area contributed by atoms with Gasteiger partial charge in [0.2, 0.25) is 0 Å². The van der Waals surface area contributed by atoms with Crippen LogP contribution in [0.3, 0.4) is 0 Å². The average Bonchev–Trinajstić information content (AvgIpc) is 2.23. The van der Waals surface area contributed by atoms with E-state index >= 15 is 0 Å². The van der Waals surface area contributed by atoms with E-state index in [1.807, 2.05) is 27.7 Å². The molecular formula is C11H23FO2. The van der Waals surface area contributed by atoms with Gasteiger partial charge in [-0.05, 0) is 12.8 Å². The number of hydrogen-bond donors (Lipinski definition) is 1. The van der Waals surface area contributed by atoms with Crippen molar-refractivity contribution in [2.45, 2.75) is 47.0 Å². The first-order valence-corrected chi connectivity index (χ1v) is 5.02. The fourth-order valence-corrected chi connectivity index (χ4v) is 0.812. The van der Waals surface area contributed by atoms with Gasteiger partial charge >= 0.3 is 5.97 Å². The van der Waals surface area contributed by atoms with Gasteiger partial charge in [-0.1, -0.05) is 40.2 Å². The van der Waals surface area contributed by atoms with E-state index in [9.17, 15) is 9.18 Å². The second kappa shape index (κ2) is 18.0. The number of rotatable bonds is 4. The smallest absolute Gasteiger partial charge is 0.331 e. The maximum atomic E-state index is 10.4. The Morgan fingerprint density at radius 2 is 1.71 bits per heavy atom. The molecule has 0 atom stereocenters. The van der Waals surface area contributed by atoms with E-state index in [0.717, 1.165) is 12.8 Å². The lowest BCUT2D eigenvalue weighted by molar-refractivity contribution is -0.132. The molecular weight excluding hydrogens is 183 g/mol. The zero-order valence-electron chi connectivity index (χ0n) is 9.93. The van der Waals surface area contributed by atoms with E-state index in [-0.39, 0.29) is 0 Å². The van der Waals surface area contributed by atoms with E-state index in [0.29, 0.717) is 19.2 Å². The summed E-state index contributed by atoms with van der Waals surface area (Å²) in [5.74, 6) is -0.774. The molecule has 0 spiro atoms. The van der Waals surface area contributed by atoms with Crippen LogP contribution in [0.5, 0.6) is 0 Å². The van der Waals surface area contributed by atoms with Crippen molar-refractivity contribution in [1.82, 2.24) is 0 Å². The minimum atomic E-state index is -0.774. The van der Waals surface area contributed by atoms with Crippen molar-refractivity contribution in [1.29, 1.82) is 0 Å². The van der Waals surface area contributed by atoms with Gasteiger partial charge in [0, 0.05) is 5.57 Å². The average molecular weight is 206 g/mol. The highest BCUT2D eigenvalue weighted by Gasteiger charge is 2.02. The normalized spacial score (nSPS) is 9.14. The third-order valence-corrected chi connectivity index (χ3v) is 1.24. The number of carbonyl (C=O) groups is 1. The van der Waals surface area contributed by atoms with E-state index in [1.54, 1.807) is 6.08 Å². The molecule has 3 heteroatoms. The molecule has 0 heterocycles. The molecule has 14 heavy (non-hydrogen) atoms. The molecule has 0 radical (unpaired) electrons. The van der Waals surface area contributed by atoms with Crippen LogP contribution in [0, 0.1) is 0 Å². The molecule has 0 saturated carbocycles. The van der Waals surface area contributed by atoms with Crippen LogP contribution in [-0.2, 0) is 4.79 Å². The summed E-state index contributed by atoms with van der Waals surface area (Å²) < 4.78 is 9.50. The quantitative estimate of drug-likeness (QED) is 0.710. The molecule has 0 aliphatic carbocycles. The summed E-state index contributed by atoms with van der Waals surface area (Å²) in [6.45, 7) is 7.92. The molecule has 0 aliphatic rings. The van der Waals surface area contributed by atoms with Crippen LogP contribution in [0.4, 0.5) is 4.39 Å². The largest absolute Gasteiger partial charge is 0.478 e. The maximum Gasteiger partial charge on any atom is 0.331 e. The number of carboxylic acids is 1. The fraction of sp³-hybridized carbons (Fsp3) is 0.727. The van der Waals surface area contributed by atoms with Crippen molar-refractivity contribution in [3.8, 4) is 0 Å². The Morgan fingerprint density at radius 3 is 1.93 bits per heavy atom. The van der Waals surface area contributed by atoms with Crippen LogP contribution < -0.4 is 0 Å². The number of carboxylic acid groups (broad SMARTS) is 1. The molecule has 0 aromatic heterocycles. The summed E-state index contributed by atoms with van der Waals surface area (Å²) in [4.78, 5) is 10.4. The Balaban J connectivity index is -0.000000266. The minimum absolute atomic E-state index is 0.500. The highest BCUT2D eigenvalue weighted by atomic mass is 19.1. The van der Waals surface area contributed by atoms with Gasteiger partial charge in [0.05, 0.1) is 7.18 Å². The lowest BCUT2D eigenvalue weighted by Gasteiger charge is -1.96. The van der Waals surface area contributed by atoms with Crippen LogP contribution in [0.15, 0.2) is 11.6 Å². The Kier molecular flexibility index (Phi) is 24.3. The molecule has 0 aromatic rings. The lowest BCUT2D eigenvalue weighted by atomic mass is 10.1. The van der Waals surface area contributed by atoms with Crippen LogP contribution >= 0.6 is 0 Å². The van der Waals surface area contributed by atoms with E-state index < -0.39 is 5.97 Å². The van der Waals surface area contributed by atoms with Crippen molar-refractivity contribution < 1.29 is 14.3 Å². The highest BCUT2D eigenvalue weighted by Crippen LogP contribution is 2.05. The van der Waals surface area contributed by atoms with E-state index in [1.165, 1.54) is 0 Å². The Labute approximate surface area is 86.8 Å². The van der Waals surface area contributed by atoms with Crippen molar-refractivity contribution in [2.24, 2.45) is 0 Å². The van der Waals surface area contributed by atoms with Crippen LogP contribution in [0.25, 0.3) is 0 Å². The van der Waals surface area contributed by atoms with Crippen molar-refractivity contribution >= 4 is 5.97 Å². The number of allylic oxidation sites excluding steroid dienone is 1. The zero-order valence-corrected chi connectivity index (χ0v) is 9.93. The molecule has 0 unspecified atom stereocenters. The predicted molar refractivity (Wildman–Crippen MR) is 59.3 cm³/mol. The standard InChI is InChI=1S/C8H14O2.C2H6.CH3F/c1-3-5-7(6-4-2)8(9)10;2*1-2/h5H,3-4,6H2,1-2H3,(H,9,10);1-2H3;1H3/b7-5+;;. The third kappa shape index (κ3) is 13.7. The third-order valence-electron chi connectivity index (χ3n) is 1.24. The lowest BCUT2D eigenvalue weighted by Crippen LogP contribution is -1.99. The molecule has 1 N–H and O–H groups in total. The Hall–Kier alpha value is -0.860. The van der Waals surface area contributed by atoms with Crippen LogP contribution in [-0.4, -0.2) is 18.3 Å². The molecule has 0 amide bonds. The molecule has 2 nitrogen and oxygen atoms in total. The van der Waals surface area contributed by atoms with Gasteiger partial charge < -0.3 is 5.11 Å². The summed E-state index contributed by atoms with van der Waals surface area (Å²) in [5.41, 5.74) is 0.546. The molecule has 0 bridgehead atoms. The summed E-state index contributed by atoms with van der Waals surface area (Å²) in [6.07, 6.45) is 4.16. The van der Waals surface area contributed by atoms with Gasteiger partial charge in [-0.3, -0.25) is 4.39 Å². The summed E-state index contributed by atoms with van der Waals surface area (Å²) in [6, 6.07) is 0. The number of aliphatic carboxylic acids is 1. The summed E-state index contributed by atoms with van der Waals surface area (Å²) in [7, 11) is 0.500. The topological polar surface area (TPSA) is 37.3 Å². The van der Waals surface area contributed by atoms with Crippen molar-refractivity contribution in [3.05, 3.63) is 11.6 Å². The number of halogens is 1. The highest BCUT2D eigenvalue weighted by molar-refractivity contribution is 5.86. The van der Waals surface area contributed by atoms with Gasteiger partial charge in [-0.25, -0.2) is 4.79 Å². The SMILES string of the molecule is CC.CC/C=C(\CCC)C(=O)O.CF. The molecule has 86 valence electrons. The summed E-state index contributed by atoms with van der Waals surface area (Å²) in [5, 5.41) is 8.57. The Morgan fingerprint density at radius 1 is 1.29 bits per heavy atom. The summed E-state index contributed by atoms with van der Waals surface area (Å²) >= 11 is 0. The first-order valence-electron chi connectivity index (χ1n) is 5.02. The van der Waals surface area contributed by atoms with Crippen LogP contribution in [0.1, 0.15) is 47.0 Å². The van der Waals surface area contributed by atoms with Gasteiger partial charge in [0.15, 0.2) is 0 Å². The number of alkyl halides is 1. The minimum Gasteiger partial charge on any atom is -0.478 e. The number of hydrogen-bond acceptors (Lipinski definition) is 1. The van der Waals surface area contributed by atoms with Gasteiger partial charge in [0.1, 0.15) is 0 Å². The fourth-order valence-electron chi connectivity index (χ4n) is 0.812. The zero-order chi connectivity index (χ0) is 12.0. The molecule has 0 aromatic carbocycles. The molecule has 0 rings (SSSR count). The van der Waals surface area contributed by atoms with E-state index in [4.69, 9.17) is 5.11 Å². The first-order chi connectivity index (χ1) is 6.72. The van der Waals surface area contributed by atoms with Crippen LogP contribution in [0.2, 0.25) is 0 Å². The molecule has 0 fully saturated rings. The maximum absolute atomic E-state index is 10.4. The van der Waals surface area contributed by atoms with E-state index in [2.05, 4.69) is 0 Å².